The Balaban J connectivity index is 2.24. The van der Waals surface area contributed by atoms with Gasteiger partial charge < -0.3 is 10.6 Å². The van der Waals surface area contributed by atoms with Crippen LogP contribution in [0.15, 0.2) is 0 Å². The summed E-state index contributed by atoms with van der Waals surface area (Å²) >= 11 is 0. The quantitative estimate of drug-likeness (QED) is 0.758. The molecule has 0 heterocycles. The molecule has 1 aliphatic rings. The second-order valence-electron chi connectivity index (χ2n) is 5.54. The van der Waals surface area contributed by atoms with E-state index in [2.05, 4.69) is 25.8 Å². The third-order valence-electron chi connectivity index (χ3n) is 3.87. The highest BCUT2D eigenvalue weighted by Crippen LogP contribution is 2.26. The molecule has 2 nitrogen and oxygen atoms in total. The fourth-order valence-electron chi connectivity index (χ4n) is 2.70. The average Bonchev–Trinajstić information content (AvgIpc) is 2.18. The first-order valence-electron chi connectivity index (χ1n) is 6.53. The summed E-state index contributed by atoms with van der Waals surface area (Å²) in [6, 6.07) is 0.835. The van der Waals surface area contributed by atoms with Crippen molar-refractivity contribution < 1.29 is 0 Å². The van der Waals surface area contributed by atoms with Crippen LogP contribution in [0.5, 0.6) is 0 Å². The van der Waals surface area contributed by atoms with Gasteiger partial charge in [0.25, 0.3) is 0 Å². The van der Waals surface area contributed by atoms with Crippen LogP contribution in [0.1, 0.15) is 46.0 Å². The lowest BCUT2D eigenvalue weighted by atomic mass is 9.86. The lowest BCUT2D eigenvalue weighted by Gasteiger charge is -2.35. The summed E-state index contributed by atoms with van der Waals surface area (Å²) in [5, 5.41) is 0. The van der Waals surface area contributed by atoms with Gasteiger partial charge in [0.1, 0.15) is 0 Å². The zero-order valence-electron chi connectivity index (χ0n) is 10.7. The SMILES string of the molecule is CC1CCC(N(C)CC(C)CCN)CC1. The Bertz CT molecular complexity index is 162. The first-order chi connectivity index (χ1) is 7.13. The number of hydrogen-bond acceptors (Lipinski definition) is 2. The van der Waals surface area contributed by atoms with E-state index < -0.39 is 0 Å². The fourth-order valence-corrected chi connectivity index (χ4v) is 2.70. The summed E-state index contributed by atoms with van der Waals surface area (Å²) in [4.78, 5) is 2.56. The molecule has 0 aromatic rings. The highest BCUT2D eigenvalue weighted by Gasteiger charge is 2.22. The van der Waals surface area contributed by atoms with Gasteiger partial charge in [0.2, 0.25) is 0 Å². The molecule has 2 N–H and O–H groups in total. The summed E-state index contributed by atoms with van der Waals surface area (Å²) < 4.78 is 0. The van der Waals surface area contributed by atoms with Crippen molar-refractivity contribution in [3.63, 3.8) is 0 Å². The smallest absolute Gasteiger partial charge is 0.00925 e. The standard InChI is InChI=1S/C13H28N2/c1-11-4-6-13(7-5-11)15(3)10-12(2)8-9-14/h11-13H,4-10,14H2,1-3H3. The van der Waals surface area contributed by atoms with Gasteiger partial charge in [-0.1, -0.05) is 13.8 Å². The third kappa shape index (κ3) is 4.52. The maximum absolute atomic E-state index is 5.58. The molecule has 1 aliphatic carbocycles. The minimum Gasteiger partial charge on any atom is -0.330 e. The maximum atomic E-state index is 5.58. The Labute approximate surface area is 95.2 Å². The molecule has 1 rings (SSSR count). The van der Waals surface area contributed by atoms with Gasteiger partial charge in [-0.3, -0.25) is 0 Å². The summed E-state index contributed by atoms with van der Waals surface area (Å²) in [6.45, 7) is 6.75. The van der Waals surface area contributed by atoms with Crippen LogP contribution in [0.3, 0.4) is 0 Å². The second-order valence-corrected chi connectivity index (χ2v) is 5.54. The molecule has 15 heavy (non-hydrogen) atoms. The summed E-state index contributed by atoms with van der Waals surface area (Å²) in [5.74, 6) is 1.70. The van der Waals surface area contributed by atoms with Crippen LogP contribution in [0.2, 0.25) is 0 Å². The molecule has 1 fully saturated rings. The third-order valence-corrected chi connectivity index (χ3v) is 3.87. The minimum atomic E-state index is 0.749. The van der Waals surface area contributed by atoms with Gasteiger partial charge >= 0.3 is 0 Å². The molecular weight excluding hydrogens is 184 g/mol. The van der Waals surface area contributed by atoms with E-state index in [1.54, 1.807) is 0 Å². The largest absolute Gasteiger partial charge is 0.330 e. The number of nitrogens with two attached hydrogens (primary N) is 1. The normalized spacial score (nSPS) is 29.4. The highest BCUT2D eigenvalue weighted by molar-refractivity contribution is 4.77. The predicted octanol–water partition coefficient (Wildman–Crippen LogP) is 2.48. The molecule has 0 amide bonds. The highest BCUT2D eigenvalue weighted by atomic mass is 15.1. The number of rotatable bonds is 5. The summed E-state index contributed by atoms with van der Waals surface area (Å²) in [5.41, 5.74) is 5.58. The van der Waals surface area contributed by atoms with Crippen molar-refractivity contribution in [3.8, 4) is 0 Å². The van der Waals surface area contributed by atoms with Crippen LogP contribution in [-0.4, -0.2) is 31.1 Å². The van der Waals surface area contributed by atoms with Crippen LogP contribution in [0, 0.1) is 11.8 Å². The van der Waals surface area contributed by atoms with E-state index in [4.69, 9.17) is 5.73 Å². The topological polar surface area (TPSA) is 29.3 Å². The van der Waals surface area contributed by atoms with Crippen LogP contribution in [0.25, 0.3) is 0 Å². The van der Waals surface area contributed by atoms with Crippen molar-refractivity contribution in [2.45, 2.75) is 52.0 Å². The second kappa shape index (κ2) is 6.49. The average molecular weight is 212 g/mol. The van der Waals surface area contributed by atoms with Gasteiger partial charge in [0.05, 0.1) is 0 Å². The maximum Gasteiger partial charge on any atom is 0.00925 e. The Morgan fingerprint density at radius 1 is 1.27 bits per heavy atom. The van der Waals surface area contributed by atoms with Crippen LogP contribution in [-0.2, 0) is 0 Å². The van der Waals surface area contributed by atoms with E-state index in [0.29, 0.717) is 0 Å². The number of nitrogens with zero attached hydrogens (tertiary/aromatic N) is 1. The Kier molecular flexibility index (Phi) is 5.62. The summed E-state index contributed by atoms with van der Waals surface area (Å²) in [6.07, 6.45) is 6.79. The molecule has 1 unspecified atom stereocenters. The first-order valence-corrected chi connectivity index (χ1v) is 6.53. The van der Waals surface area contributed by atoms with Gasteiger partial charge in [-0.25, -0.2) is 0 Å². The zero-order valence-corrected chi connectivity index (χ0v) is 10.7. The lowest BCUT2D eigenvalue weighted by Crippen LogP contribution is -2.37. The lowest BCUT2D eigenvalue weighted by molar-refractivity contribution is 0.151. The van der Waals surface area contributed by atoms with Crippen LogP contribution >= 0.6 is 0 Å². The molecule has 0 bridgehead atoms. The number of hydrogen-bond donors (Lipinski definition) is 1. The molecular formula is C13H28N2. The predicted molar refractivity (Wildman–Crippen MR) is 66.9 cm³/mol. The van der Waals surface area contributed by atoms with Crippen molar-refractivity contribution in [1.29, 1.82) is 0 Å². The molecule has 2 heteroatoms. The van der Waals surface area contributed by atoms with Crippen molar-refractivity contribution in [2.75, 3.05) is 20.1 Å². The van der Waals surface area contributed by atoms with Gasteiger partial charge in [0.15, 0.2) is 0 Å². The zero-order chi connectivity index (χ0) is 11.3. The molecule has 0 spiro atoms. The van der Waals surface area contributed by atoms with Gasteiger partial charge in [-0.2, -0.15) is 0 Å². The van der Waals surface area contributed by atoms with Crippen molar-refractivity contribution in [1.82, 2.24) is 4.90 Å². The van der Waals surface area contributed by atoms with Crippen molar-refractivity contribution >= 4 is 0 Å². The van der Waals surface area contributed by atoms with Crippen molar-refractivity contribution in [3.05, 3.63) is 0 Å². The van der Waals surface area contributed by atoms with E-state index in [1.165, 1.54) is 32.2 Å². The van der Waals surface area contributed by atoms with Gasteiger partial charge in [-0.05, 0) is 57.5 Å². The minimum absolute atomic E-state index is 0.749. The van der Waals surface area contributed by atoms with E-state index in [-0.39, 0.29) is 0 Å². The van der Waals surface area contributed by atoms with Gasteiger partial charge in [-0.15, -0.1) is 0 Å². The Hall–Kier alpha value is -0.0800. The van der Waals surface area contributed by atoms with Crippen LogP contribution in [0.4, 0.5) is 0 Å². The fraction of sp³-hybridized carbons (Fsp3) is 1.00. The molecule has 90 valence electrons. The molecule has 1 saturated carbocycles. The molecule has 0 saturated heterocycles. The first kappa shape index (κ1) is 13.0. The van der Waals surface area contributed by atoms with Gasteiger partial charge in [0, 0.05) is 12.6 Å². The van der Waals surface area contributed by atoms with E-state index >= 15 is 0 Å². The van der Waals surface area contributed by atoms with Crippen molar-refractivity contribution in [2.24, 2.45) is 17.6 Å². The summed E-state index contributed by atoms with van der Waals surface area (Å²) in [7, 11) is 2.29. The molecule has 0 radical (unpaired) electrons. The van der Waals surface area contributed by atoms with E-state index in [1.807, 2.05) is 0 Å². The monoisotopic (exact) mass is 212 g/mol. The Morgan fingerprint density at radius 2 is 1.87 bits per heavy atom. The van der Waals surface area contributed by atoms with E-state index in [9.17, 15) is 0 Å². The van der Waals surface area contributed by atoms with Crippen LogP contribution < -0.4 is 5.73 Å². The molecule has 1 atom stereocenters. The molecule has 0 aliphatic heterocycles. The molecule has 0 aromatic heterocycles. The van der Waals surface area contributed by atoms with E-state index in [0.717, 1.165) is 30.8 Å². The molecule has 0 aromatic carbocycles. The Morgan fingerprint density at radius 3 is 2.40 bits per heavy atom.